The fourth-order valence-corrected chi connectivity index (χ4v) is 3.28. The number of ether oxygens (including phenoxy) is 1. The highest BCUT2D eigenvalue weighted by Gasteiger charge is 2.18. The van der Waals surface area contributed by atoms with Crippen molar-refractivity contribution in [1.29, 1.82) is 0 Å². The largest absolute Gasteiger partial charge is 0.469 e. The van der Waals surface area contributed by atoms with E-state index < -0.39 is 0 Å². The molecule has 4 rings (SSSR count). The van der Waals surface area contributed by atoms with E-state index in [9.17, 15) is 9.59 Å². The number of aryl methyl sites for hydroxylation is 1. The minimum absolute atomic E-state index is 0.169. The zero-order chi connectivity index (χ0) is 21.1. The van der Waals surface area contributed by atoms with Crippen molar-refractivity contribution in [3.63, 3.8) is 0 Å². The Hall–Kier alpha value is -4.00. The number of aromatic nitrogens is 3. The van der Waals surface area contributed by atoms with Crippen molar-refractivity contribution in [2.75, 3.05) is 12.0 Å². The highest BCUT2D eigenvalue weighted by molar-refractivity contribution is 6.01. The van der Waals surface area contributed by atoms with E-state index in [0.717, 1.165) is 16.6 Å². The molecule has 2 aromatic heterocycles. The van der Waals surface area contributed by atoms with E-state index in [1.54, 1.807) is 41.9 Å². The molecular formula is C23H20N4O3. The number of benzene rings is 2. The van der Waals surface area contributed by atoms with Crippen molar-refractivity contribution < 1.29 is 14.3 Å². The Bertz CT molecular complexity index is 1230. The first-order valence-corrected chi connectivity index (χ1v) is 9.45. The highest BCUT2D eigenvalue weighted by atomic mass is 16.5. The molecule has 30 heavy (non-hydrogen) atoms. The molecule has 0 saturated carbocycles. The van der Waals surface area contributed by atoms with Crippen molar-refractivity contribution in [1.82, 2.24) is 14.6 Å². The molecule has 1 amide bonds. The summed E-state index contributed by atoms with van der Waals surface area (Å²) in [6, 6.07) is 18.1. The summed E-state index contributed by atoms with van der Waals surface area (Å²) in [5.74, 6) is -0.0914. The number of hydrogen-bond acceptors (Lipinski definition) is 5. The fraction of sp³-hybridized carbons (Fsp3) is 0.130. The van der Waals surface area contributed by atoms with Crippen LogP contribution in [0.1, 0.15) is 32.1 Å². The zero-order valence-corrected chi connectivity index (χ0v) is 16.6. The van der Waals surface area contributed by atoms with Crippen LogP contribution < -0.4 is 10.2 Å². The quantitative estimate of drug-likeness (QED) is 0.499. The van der Waals surface area contributed by atoms with Gasteiger partial charge in [-0.15, -0.1) is 0 Å². The number of nitrogens with zero attached hydrogens (tertiary/aromatic N) is 3. The maximum atomic E-state index is 12.8. The number of hydrogen-bond donors (Lipinski definition) is 1. The molecule has 2 heterocycles. The van der Waals surface area contributed by atoms with Crippen LogP contribution in [0, 0.1) is 13.8 Å². The van der Waals surface area contributed by atoms with Crippen molar-refractivity contribution in [3.8, 4) is 5.88 Å². The molecule has 0 aliphatic rings. The van der Waals surface area contributed by atoms with Gasteiger partial charge in [0.25, 0.3) is 5.91 Å². The van der Waals surface area contributed by atoms with Gasteiger partial charge in [-0.2, -0.15) is 0 Å². The van der Waals surface area contributed by atoms with Crippen molar-refractivity contribution in [2.45, 2.75) is 13.8 Å². The second-order valence-electron chi connectivity index (χ2n) is 6.83. The van der Waals surface area contributed by atoms with Gasteiger partial charge in [-0.1, -0.05) is 30.3 Å². The molecule has 150 valence electrons. The third-order valence-electron chi connectivity index (χ3n) is 4.83. The number of fused-ring (bicyclic) bond motifs is 1. The van der Waals surface area contributed by atoms with Gasteiger partial charge >= 0.3 is 0 Å². The zero-order valence-electron chi connectivity index (χ0n) is 16.6. The number of amides is 1. The smallest absolute Gasteiger partial charge is 0.270 e. The third-order valence-corrected chi connectivity index (χ3v) is 4.83. The predicted octanol–water partition coefficient (Wildman–Crippen LogP) is 3.69. The second kappa shape index (κ2) is 8.16. The number of nitrogens with one attached hydrogen (secondary N) is 1. The van der Waals surface area contributed by atoms with Crippen LogP contribution >= 0.6 is 0 Å². The van der Waals surface area contributed by atoms with E-state index in [2.05, 4.69) is 15.4 Å². The fourth-order valence-electron chi connectivity index (χ4n) is 3.28. The van der Waals surface area contributed by atoms with Gasteiger partial charge in [-0.3, -0.25) is 19.7 Å². The number of carbonyl (C=O) groups excluding carboxylic acids is 2. The lowest BCUT2D eigenvalue weighted by Crippen LogP contribution is -2.25. The SMILES string of the molecule is Cc1cc(C(=O)COc2ncnc3ccccc23)c(C)n1NC(=O)c1ccccc1. The minimum atomic E-state index is -0.250. The second-order valence-corrected chi connectivity index (χ2v) is 6.83. The van der Waals surface area contributed by atoms with Crippen LogP contribution in [0.25, 0.3) is 10.9 Å². The molecule has 2 aromatic carbocycles. The maximum Gasteiger partial charge on any atom is 0.270 e. The summed E-state index contributed by atoms with van der Waals surface area (Å²) in [5.41, 5.74) is 5.98. The van der Waals surface area contributed by atoms with Crippen LogP contribution in [0.4, 0.5) is 0 Å². The summed E-state index contributed by atoms with van der Waals surface area (Å²) in [5, 5.41) is 0.744. The van der Waals surface area contributed by atoms with Gasteiger partial charge in [0.2, 0.25) is 11.7 Å². The summed E-state index contributed by atoms with van der Waals surface area (Å²) in [4.78, 5) is 33.6. The number of rotatable bonds is 6. The van der Waals surface area contributed by atoms with Crippen LogP contribution in [0.2, 0.25) is 0 Å². The average Bonchev–Trinajstić information content (AvgIpc) is 3.06. The molecule has 0 aliphatic heterocycles. The monoisotopic (exact) mass is 400 g/mol. The van der Waals surface area contributed by atoms with E-state index in [-0.39, 0.29) is 18.3 Å². The first-order valence-electron chi connectivity index (χ1n) is 9.45. The number of ketones is 1. The lowest BCUT2D eigenvalue weighted by atomic mass is 10.1. The van der Waals surface area contributed by atoms with Gasteiger partial charge in [0, 0.05) is 22.5 Å². The van der Waals surface area contributed by atoms with Crippen LogP contribution in [-0.2, 0) is 0 Å². The summed E-state index contributed by atoms with van der Waals surface area (Å²) >= 11 is 0. The first kappa shape index (κ1) is 19.3. The minimum Gasteiger partial charge on any atom is -0.469 e. The molecule has 0 bridgehead atoms. The third kappa shape index (κ3) is 3.77. The van der Waals surface area contributed by atoms with Crippen molar-refractivity contribution in [2.24, 2.45) is 0 Å². The Labute approximate surface area is 173 Å². The summed E-state index contributed by atoms with van der Waals surface area (Å²) in [6.45, 7) is 3.44. The van der Waals surface area contributed by atoms with Crippen molar-refractivity contribution in [3.05, 3.63) is 89.5 Å². The predicted molar refractivity (Wildman–Crippen MR) is 113 cm³/mol. The molecule has 7 heteroatoms. The molecule has 4 aromatic rings. The topological polar surface area (TPSA) is 86.1 Å². The first-order chi connectivity index (χ1) is 14.5. The van der Waals surface area contributed by atoms with E-state index in [1.807, 2.05) is 37.3 Å². The maximum absolute atomic E-state index is 12.8. The molecule has 7 nitrogen and oxygen atoms in total. The molecule has 0 fully saturated rings. The van der Waals surface area contributed by atoms with Gasteiger partial charge < -0.3 is 4.74 Å². The normalized spacial score (nSPS) is 10.7. The summed E-state index contributed by atoms with van der Waals surface area (Å²) in [6.07, 6.45) is 1.41. The van der Waals surface area contributed by atoms with E-state index in [0.29, 0.717) is 22.7 Å². The van der Waals surface area contributed by atoms with E-state index in [1.165, 1.54) is 6.33 Å². The Morgan fingerprint density at radius 1 is 1.00 bits per heavy atom. The Morgan fingerprint density at radius 2 is 1.73 bits per heavy atom. The Kier molecular flexibility index (Phi) is 5.26. The van der Waals surface area contributed by atoms with Crippen LogP contribution in [0.3, 0.4) is 0 Å². The lowest BCUT2D eigenvalue weighted by Gasteiger charge is -2.12. The van der Waals surface area contributed by atoms with Gasteiger partial charge in [0.15, 0.2) is 6.61 Å². The lowest BCUT2D eigenvalue weighted by molar-refractivity contribution is 0.0917. The van der Waals surface area contributed by atoms with Crippen LogP contribution in [-0.4, -0.2) is 32.9 Å². The molecular weight excluding hydrogens is 380 g/mol. The standard InChI is InChI=1S/C23H20N4O3/c1-15-12-19(16(2)27(15)26-22(29)17-8-4-3-5-9-17)21(28)13-30-23-18-10-6-7-11-20(18)24-14-25-23/h3-12,14H,13H2,1-2H3,(H,26,29). The Morgan fingerprint density at radius 3 is 2.53 bits per heavy atom. The van der Waals surface area contributed by atoms with Crippen LogP contribution in [0.5, 0.6) is 5.88 Å². The van der Waals surface area contributed by atoms with Crippen LogP contribution in [0.15, 0.2) is 67.0 Å². The number of Topliss-reactive ketones (excluding diaryl/α,β-unsaturated/α-hetero) is 1. The molecule has 1 N–H and O–H groups in total. The average molecular weight is 400 g/mol. The highest BCUT2D eigenvalue weighted by Crippen LogP contribution is 2.21. The number of carbonyl (C=O) groups is 2. The molecule has 0 aliphatic carbocycles. The van der Waals surface area contributed by atoms with Gasteiger partial charge in [-0.05, 0) is 44.2 Å². The van der Waals surface area contributed by atoms with Crippen molar-refractivity contribution >= 4 is 22.6 Å². The molecule has 0 spiro atoms. The van der Waals surface area contributed by atoms with E-state index in [4.69, 9.17) is 4.74 Å². The van der Waals surface area contributed by atoms with Gasteiger partial charge in [0.05, 0.1) is 10.9 Å². The molecule has 0 radical (unpaired) electrons. The number of para-hydroxylation sites is 1. The summed E-state index contributed by atoms with van der Waals surface area (Å²) < 4.78 is 7.31. The molecule has 0 saturated heterocycles. The van der Waals surface area contributed by atoms with Gasteiger partial charge in [0.1, 0.15) is 6.33 Å². The molecule has 0 atom stereocenters. The Balaban J connectivity index is 1.51. The summed E-state index contributed by atoms with van der Waals surface area (Å²) in [7, 11) is 0. The van der Waals surface area contributed by atoms with Gasteiger partial charge in [-0.25, -0.2) is 9.97 Å². The molecule has 0 unspecified atom stereocenters. The van der Waals surface area contributed by atoms with E-state index >= 15 is 0 Å².